The van der Waals surface area contributed by atoms with Gasteiger partial charge in [-0.2, -0.15) is 0 Å². The van der Waals surface area contributed by atoms with Crippen molar-refractivity contribution < 1.29 is 9.59 Å². The Labute approximate surface area is 107 Å². The van der Waals surface area contributed by atoms with E-state index in [2.05, 4.69) is 15.5 Å². The molecule has 2 heterocycles. The fourth-order valence-corrected chi connectivity index (χ4v) is 3.06. The fourth-order valence-electron chi connectivity index (χ4n) is 3.06. The monoisotopic (exact) mass is 254 g/mol. The van der Waals surface area contributed by atoms with E-state index in [9.17, 15) is 9.59 Å². The molecule has 4 N–H and O–H groups in total. The molecule has 0 bridgehead atoms. The molecule has 2 saturated heterocycles. The van der Waals surface area contributed by atoms with E-state index in [1.807, 2.05) is 6.92 Å². The van der Waals surface area contributed by atoms with Gasteiger partial charge >= 0.3 is 6.03 Å². The van der Waals surface area contributed by atoms with Gasteiger partial charge in [-0.1, -0.05) is 0 Å². The van der Waals surface area contributed by atoms with Crippen molar-refractivity contribution in [2.24, 2.45) is 11.1 Å². The summed E-state index contributed by atoms with van der Waals surface area (Å²) in [7, 11) is 0. The van der Waals surface area contributed by atoms with E-state index in [1.165, 1.54) is 12.8 Å². The summed E-state index contributed by atoms with van der Waals surface area (Å²) in [6.07, 6.45) is 3.49. The molecule has 2 rings (SSSR count). The minimum absolute atomic E-state index is 0.285. The van der Waals surface area contributed by atoms with E-state index in [0.29, 0.717) is 5.41 Å². The van der Waals surface area contributed by atoms with E-state index in [1.54, 1.807) is 0 Å². The Balaban J connectivity index is 1.91. The van der Waals surface area contributed by atoms with Gasteiger partial charge in [-0.05, 0) is 51.2 Å². The molecule has 0 aromatic heterocycles. The van der Waals surface area contributed by atoms with Crippen molar-refractivity contribution in [3.05, 3.63) is 0 Å². The van der Waals surface area contributed by atoms with Crippen LogP contribution in [0.2, 0.25) is 0 Å². The molecular formula is C12H22N4O2. The summed E-state index contributed by atoms with van der Waals surface area (Å²) in [4.78, 5) is 24.6. The normalized spacial score (nSPS) is 24.9. The number of nitrogens with one attached hydrogen (secondary N) is 2. The van der Waals surface area contributed by atoms with Crippen LogP contribution < -0.4 is 16.4 Å². The van der Waals surface area contributed by atoms with Gasteiger partial charge in [-0.15, -0.1) is 0 Å². The summed E-state index contributed by atoms with van der Waals surface area (Å²) in [5, 5.41) is 5.53. The number of carbonyl (C=O) groups is 2. The van der Waals surface area contributed by atoms with Crippen LogP contribution in [-0.2, 0) is 4.79 Å². The molecule has 1 atom stereocenters. The molecule has 2 aliphatic heterocycles. The second kappa shape index (κ2) is 5.24. The minimum Gasteiger partial charge on any atom is -0.351 e. The zero-order chi connectivity index (χ0) is 13.2. The van der Waals surface area contributed by atoms with Gasteiger partial charge in [-0.25, -0.2) is 4.79 Å². The van der Waals surface area contributed by atoms with Crippen molar-refractivity contribution in [1.82, 2.24) is 15.5 Å². The third-order valence-electron chi connectivity index (χ3n) is 4.31. The van der Waals surface area contributed by atoms with Gasteiger partial charge in [0.05, 0.1) is 6.04 Å². The standard InChI is InChI=1S/C12H22N4O2/c1-9(10(17)15-11(13)18)16-7-4-12(8-16)2-5-14-6-3-12/h9,14H,2-8H2,1H3,(H3,13,15,17,18). The van der Waals surface area contributed by atoms with Gasteiger partial charge < -0.3 is 11.1 Å². The largest absolute Gasteiger partial charge is 0.351 e. The molecular weight excluding hydrogens is 232 g/mol. The second-order valence-corrected chi connectivity index (χ2v) is 5.50. The molecule has 6 heteroatoms. The average Bonchev–Trinajstić information content (AvgIpc) is 2.72. The van der Waals surface area contributed by atoms with Gasteiger partial charge in [0, 0.05) is 6.54 Å². The van der Waals surface area contributed by atoms with Crippen LogP contribution in [0.25, 0.3) is 0 Å². The smallest absolute Gasteiger partial charge is 0.318 e. The van der Waals surface area contributed by atoms with E-state index in [4.69, 9.17) is 5.73 Å². The molecule has 102 valence electrons. The number of amides is 3. The summed E-state index contributed by atoms with van der Waals surface area (Å²) >= 11 is 0. The number of rotatable bonds is 2. The number of imide groups is 1. The van der Waals surface area contributed by atoms with Gasteiger partial charge in [-0.3, -0.25) is 15.0 Å². The van der Waals surface area contributed by atoms with E-state index >= 15 is 0 Å². The molecule has 2 aliphatic rings. The quantitative estimate of drug-likeness (QED) is 0.628. The second-order valence-electron chi connectivity index (χ2n) is 5.50. The van der Waals surface area contributed by atoms with Gasteiger partial charge in [0.2, 0.25) is 5.91 Å². The fraction of sp³-hybridized carbons (Fsp3) is 0.833. The van der Waals surface area contributed by atoms with Gasteiger partial charge in [0.25, 0.3) is 0 Å². The lowest BCUT2D eigenvalue weighted by atomic mass is 9.78. The summed E-state index contributed by atoms with van der Waals surface area (Å²) in [6.45, 7) is 5.83. The molecule has 2 fully saturated rings. The van der Waals surface area contributed by atoms with E-state index in [0.717, 1.165) is 32.6 Å². The highest BCUT2D eigenvalue weighted by Gasteiger charge is 2.41. The summed E-state index contributed by atoms with van der Waals surface area (Å²) in [6, 6.07) is -1.06. The Hall–Kier alpha value is -1.14. The predicted octanol–water partition coefficient (Wildman–Crippen LogP) is -0.355. The highest BCUT2D eigenvalue weighted by atomic mass is 16.2. The first kappa shape index (κ1) is 13.3. The summed E-state index contributed by atoms with van der Waals surface area (Å²) in [5.74, 6) is -0.298. The topological polar surface area (TPSA) is 87.5 Å². The van der Waals surface area contributed by atoms with Crippen molar-refractivity contribution in [2.45, 2.75) is 32.2 Å². The molecule has 3 amide bonds. The Kier molecular flexibility index (Phi) is 3.87. The van der Waals surface area contributed by atoms with Crippen LogP contribution in [0.3, 0.4) is 0 Å². The first-order valence-electron chi connectivity index (χ1n) is 6.57. The minimum atomic E-state index is -0.775. The maximum absolute atomic E-state index is 11.7. The predicted molar refractivity (Wildman–Crippen MR) is 67.9 cm³/mol. The molecule has 0 radical (unpaired) electrons. The zero-order valence-electron chi connectivity index (χ0n) is 10.9. The third kappa shape index (κ3) is 2.81. The highest BCUT2D eigenvalue weighted by molar-refractivity contribution is 5.96. The number of primary amides is 1. The Morgan fingerprint density at radius 3 is 2.61 bits per heavy atom. The molecule has 0 aliphatic carbocycles. The summed E-state index contributed by atoms with van der Waals surface area (Å²) in [5.41, 5.74) is 5.34. The van der Waals surface area contributed by atoms with Crippen LogP contribution in [0.15, 0.2) is 0 Å². The number of nitrogens with zero attached hydrogens (tertiary/aromatic N) is 1. The lowest BCUT2D eigenvalue weighted by Gasteiger charge is -2.34. The lowest BCUT2D eigenvalue weighted by molar-refractivity contribution is -0.124. The first-order valence-corrected chi connectivity index (χ1v) is 6.57. The Morgan fingerprint density at radius 1 is 1.33 bits per heavy atom. The molecule has 0 aromatic rings. The van der Waals surface area contributed by atoms with Crippen LogP contribution in [-0.4, -0.2) is 49.1 Å². The molecule has 0 aromatic carbocycles. The van der Waals surface area contributed by atoms with Crippen LogP contribution in [0.4, 0.5) is 4.79 Å². The first-order chi connectivity index (χ1) is 8.52. The number of nitrogens with two attached hydrogens (primary N) is 1. The number of hydrogen-bond donors (Lipinski definition) is 3. The van der Waals surface area contributed by atoms with E-state index in [-0.39, 0.29) is 11.9 Å². The zero-order valence-corrected chi connectivity index (χ0v) is 10.9. The summed E-state index contributed by atoms with van der Waals surface area (Å²) < 4.78 is 0. The Bertz CT molecular complexity index is 339. The van der Waals surface area contributed by atoms with Crippen LogP contribution >= 0.6 is 0 Å². The van der Waals surface area contributed by atoms with Crippen molar-refractivity contribution >= 4 is 11.9 Å². The molecule has 6 nitrogen and oxygen atoms in total. The average molecular weight is 254 g/mol. The van der Waals surface area contributed by atoms with Gasteiger partial charge in [0.1, 0.15) is 0 Å². The molecule has 1 spiro atoms. The van der Waals surface area contributed by atoms with Crippen molar-refractivity contribution in [2.75, 3.05) is 26.2 Å². The highest BCUT2D eigenvalue weighted by Crippen LogP contribution is 2.39. The number of hydrogen-bond acceptors (Lipinski definition) is 4. The van der Waals surface area contributed by atoms with Crippen molar-refractivity contribution in [3.8, 4) is 0 Å². The molecule has 0 saturated carbocycles. The number of urea groups is 1. The van der Waals surface area contributed by atoms with Gasteiger partial charge in [0.15, 0.2) is 0 Å². The van der Waals surface area contributed by atoms with Crippen LogP contribution in [0.5, 0.6) is 0 Å². The van der Waals surface area contributed by atoms with Crippen LogP contribution in [0, 0.1) is 5.41 Å². The molecule has 18 heavy (non-hydrogen) atoms. The molecule has 1 unspecified atom stereocenters. The van der Waals surface area contributed by atoms with Crippen molar-refractivity contribution in [1.29, 1.82) is 0 Å². The lowest BCUT2D eigenvalue weighted by Crippen LogP contribution is -2.48. The maximum Gasteiger partial charge on any atom is 0.318 e. The SMILES string of the molecule is CC(C(=O)NC(N)=O)N1CCC2(CCNCC2)C1. The number of carbonyl (C=O) groups excluding carboxylic acids is 2. The number of likely N-dealkylation sites (tertiary alicyclic amines) is 1. The Morgan fingerprint density at radius 2 is 2.00 bits per heavy atom. The van der Waals surface area contributed by atoms with Crippen LogP contribution in [0.1, 0.15) is 26.2 Å². The maximum atomic E-state index is 11.7. The number of piperidine rings is 1. The van der Waals surface area contributed by atoms with Crippen molar-refractivity contribution in [3.63, 3.8) is 0 Å². The van der Waals surface area contributed by atoms with E-state index < -0.39 is 6.03 Å². The third-order valence-corrected chi connectivity index (χ3v) is 4.31.